The zero-order chi connectivity index (χ0) is 28.6. The third-order valence-electron chi connectivity index (χ3n) is 9.43. The molecule has 214 valence electrons. The number of hydrogen-bond acceptors (Lipinski definition) is 8. The van der Waals surface area contributed by atoms with Crippen LogP contribution in [0.1, 0.15) is 37.7 Å². The Kier molecular flexibility index (Phi) is 5.78. The van der Waals surface area contributed by atoms with Crippen LogP contribution in [0.15, 0.2) is 30.5 Å². The molecule has 2 aromatic carbocycles. The van der Waals surface area contributed by atoms with Crippen molar-refractivity contribution in [1.29, 1.82) is 0 Å². The summed E-state index contributed by atoms with van der Waals surface area (Å²) in [6.45, 7) is 3.82. The molecule has 5 aliphatic rings. The number of hydrogen-bond donors (Lipinski definition) is 1. The quantitative estimate of drug-likeness (QED) is 0.344. The standard InChI is InChI=1S/C32H29F2N5O3/c1-2-22-25(33)6-5-18-11-19(40)12-23(26(18)22)28-27(34)29-24(14-35-28)30(38-15-20-13-21(16-38)42-20)37-31(36-29)41-17-32-7-3-9-39(32)10-4-8-32/h1,5-6,11-12,14,20-21,40H,3-4,7-10,13,15-17H2. The summed E-state index contributed by atoms with van der Waals surface area (Å²) in [6, 6.07) is 5.65. The van der Waals surface area contributed by atoms with E-state index in [4.69, 9.17) is 20.9 Å². The minimum absolute atomic E-state index is 0.0272. The molecule has 0 aliphatic carbocycles. The number of anilines is 1. The van der Waals surface area contributed by atoms with Crippen LogP contribution >= 0.6 is 0 Å². The lowest BCUT2D eigenvalue weighted by atomic mass is 9.95. The molecule has 2 atom stereocenters. The van der Waals surface area contributed by atoms with E-state index in [1.54, 1.807) is 0 Å². The highest BCUT2D eigenvalue weighted by Crippen LogP contribution is 2.41. The summed E-state index contributed by atoms with van der Waals surface area (Å²) in [6.07, 6.45) is 12.8. The number of halogens is 2. The van der Waals surface area contributed by atoms with E-state index < -0.39 is 11.6 Å². The minimum atomic E-state index is -0.722. The molecule has 2 unspecified atom stereocenters. The molecule has 7 heterocycles. The summed E-state index contributed by atoms with van der Waals surface area (Å²) in [5.41, 5.74) is 0.0704. The van der Waals surface area contributed by atoms with Crippen LogP contribution in [0, 0.1) is 24.0 Å². The first-order valence-electron chi connectivity index (χ1n) is 14.5. The number of ether oxygens (including phenoxy) is 2. The van der Waals surface area contributed by atoms with Gasteiger partial charge in [0.05, 0.1) is 28.7 Å². The number of phenols is 1. The average Bonchev–Trinajstić information content (AvgIpc) is 3.56. The predicted molar refractivity (Wildman–Crippen MR) is 154 cm³/mol. The highest BCUT2D eigenvalue weighted by Gasteiger charge is 2.45. The predicted octanol–water partition coefficient (Wildman–Crippen LogP) is 4.79. The molecule has 9 rings (SSSR count). The van der Waals surface area contributed by atoms with Crippen molar-refractivity contribution in [2.45, 2.75) is 49.9 Å². The van der Waals surface area contributed by atoms with E-state index in [-0.39, 0.29) is 51.8 Å². The Morgan fingerprint density at radius 1 is 1.12 bits per heavy atom. The summed E-state index contributed by atoms with van der Waals surface area (Å²) in [5, 5.41) is 11.7. The lowest BCUT2D eigenvalue weighted by Gasteiger charge is -2.47. The number of rotatable bonds is 5. The van der Waals surface area contributed by atoms with Crippen LogP contribution in [-0.4, -0.2) is 75.5 Å². The Bertz CT molecular complexity index is 1780. The van der Waals surface area contributed by atoms with Gasteiger partial charge in [-0.2, -0.15) is 9.97 Å². The first-order chi connectivity index (χ1) is 20.4. The summed E-state index contributed by atoms with van der Waals surface area (Å²) >= 11 is 0. The molecule has 2 bridgehead atoms. The van der Waals surface area contributed by atoms with E-state index in [9.17, 15) is 9.50 Å². The van der Waals surface area contributed by atoms with Crippen LogP contribution in [0.4, 0.5) is 14.6 Å². The maximum atomic E-state index is 16.6. The zero-order valence-electron chi connectivity index (χ0n) is 22.9. The first-order valence-corrected chi connectivity index (χ1v) is 14.5. The Morgan fingerprint density at radius 3 is 2.62 bits per heavy atom. The van der Waals surface area contributed by atoms with Crippen molar-refractivity contribution in [3.05, 3.63) is 47.7 Å². The monoisotopic (exact) mass is 569 g/mol. The van der Waals surface area contributed by atoms with Crippen molar-refractivity contribution < 1.29 is 23.4 Å². The number of pyridine rings is 1. The second-order valence-corrected chi connectivity index (χ2v) is 11.9. The van der Waals surface area contributed by atoms with Gasteiger partial charge < -0.3 is 19.5 Å². The third kappa shape index (κ3) is 3.91. The smallest absolute Gasteiger partial charge is 0.319 e. The van der Waals surface area contributed by atoms with Gasteiger partial charge in [-0.25, -0.2) is 8.78 Å². The largest absolute Gasteiger partial charge is 0.508 e. The van der Waals surface area contributed by atoms with Crippen molar-refractivity contribution in [3.63, 3.8) is 0 Å². The van der Waals surface area contributed by atoms with Crippen LogP contribution in [-0.2, 0) is 4.74 Å². The number of morpholine rings is 1. The van der Waals surface area contributed by atoms with Gasteiger partial charge >= 0.3 is 6.01 Å². The molecule has 5 aliphatic heterocycles. The average molecular weight is 570 g/mol. The number of nitrogens with zero attached hydrogens (tertiary/aromatic N) is 5. The number of fused-ring (bicyclic) bond motifs is 5. The van der Waals surface area contributed by atoms with Gasteiger partial charge in [0, 0.05) is 36.7 Å². The van der Waals surface area contributed by atoms with Gasteiger partial charge in [0.2, 0.25) is 0 Å². The number of benzene rings is 2. The molecule has 5 fully saturated rings. The molecule has 42 heavy (non-hydrogen) atoms. The Balaban J connectivity index is 1.28. The summed E-state index contributed by atoms with van der Waals surface area (Å²) in [7, 11) is 0. The molecule has 8 nitrogen and oxygen atoms in total. The number of phenolic OH excluding ortho intramolecular Hbond substituents is 1. The highest BCUT2D eigenvalue weighted by molar-refractivity contribution is 6.03. The molecule has 2 aromatic heterocycles. The van der Waals surface area contributed by atoms with Crippen molar-refractivity contribution in [1.82, 2.24) is 19.9 Å². The van der Waals surface area contributed by atoms with Gasteiger partial charge in [-0.3, -0.25) is 9.88 Å². The number of aromatic hydroxyl groups is 1. The molecular formula is C32H29F2N5O3. The molecule has 0 spiro atoms. The second-order valence-electron chi connectivity index (χ2n) is 11.9. The summed E-state index contributed by atoms with van der Waals surface area (Å²) < 4.78 is 43.5. The first kappa shape index (κ1) is 25.6. The van der Waals surface area contributed by atoms with Crippen LogP contribution in [0.2, 0.25) is 0 Å². The summed E-state index contributed by atoms with van der Waals surface area (Å²) in [4.78, 5) is 18.4. The fourth-order valence-electron chi connectivity index (χ4n) is 7.46. The fraction of sp³-hybridized carbons (Fsp3) is 0.406. The van der Waals surface area contributed by atoms with E-state index in [0.29, 0.717) is 41.7 Å². The number of piperidine rings is 1. The molecular weight excluding hydrogens is 540 g/mol. The van der Waals surface area contributed by atoms with E-state index in [2.05, 4.69) is 25.7 Å². The topological polar surface area (TPSA) is 83.8 Å². The van der Waals surface area contributed by atoms with Crippen molar-refractivity contribution in [2.24, 2.45) is 0 Å². The SMILES string of the molecule is C#Cc1c(F)ccc2cc(O)cc(-c3ncc4c(N5CC6CC(C5)O6)nc(OCC56CCCN5CCC6)nc4c3F)c12. The molecule has 0 radical (unpaired) electrons. The molecule has 1 N–H and O–H groups in total. The molecule has 0 amide bonds. The van der Waals surface area contributed by atoms with Crippen molar-refractivity contribution in [2.75, 3.05) is 37.7 Å². The normalized spacial score (nSPS) is 22.7. The molecule has 4 aromatic rings. The number of terminal acetylenes is 1. The van der Waals surface area contributed by atoms with E-state index in [1.807, 2.05) is 0 Å². The van der Waals surface area contributed by atoms with Crippen LogP contribution in [0.5, 0.6) is 11.8 Å². The summed E-state index contributed by atoms with van der Waals surface area (Å²) in [5.74, 6) is 1.47. The lowest BCUT2D eigenvalue weighted by molar-refractivity contribution is -0.133. The van der Waals surface area contributed by atoms with Gasteiger partial charge in [0.1, 0.15) is 35.2 Å². The minimum Gasteiger partial charge on any atom is -0.508 e. The van der Waals surface area contributed by atoms with Gasteiger partial charge in [-0.1, -0.05) is 12.0 Å². The van der Waals surface area contributed by atoms with Crippen LogP contribution < -0.4 is 9.64 Å². The van der Waals surface area contributed by atoms with Gasteiger partial charge in [0.15, 0.2) is 5.82 Å². The van der Waals surface area contributed by atoms with Gasteiger partial charge in [-0.05, 0) is 62.4 Å². The third-order valence-corrected chi connectivity index (χ3v) is 9.43. The molecule has 5 saturated heterocycles. The Hall–Kier alpha value is -4.07. The number of aromatic nitrogens is 3. The van der Waals surface area contributed by atoms with E-state index >= 15 is 4.39 Å². The Morgan fingerprint density at radius 2 is 1.88 bits per heavy atom. The van der Waals surface area contributed by atoms with Gasteiger partial charge in [0.25, 0.3) is 0 Å². The second kappa shape index (κ2) is 9.48. The Labute approximate surface area is 241 Å². The highest BCUT2D eigenvalue weighted by atomic mass is 19.1. The zero-order valence-corrected chi connectivity index (χ0v) is 22.9. The lowest BCUT2D eigenvalue weighted by Crippen LogP contribution is -2.57. The molecule has 0 saturated carbocycles. The van der Waals surface area contributed by atoms with E-state index in [0.717, 1.165) is 45.2 Å². The molecule has 10 heteroatoms. The van der Waals surface area contributed by atoms with Crippen molar-refractivity contribution in [3.8, 4) is 35.4 Å². The fourth-order valence-corrected chi connectivity index (χ4v) is 7.46. The van der Waals surface area contributed by atoms with Crippen LogP contribution in [0.25, 0.3) is 32.9 Å². The maximum absolute atomic E-state index is 16.6. The van der Waals surface area contributed by atoms with Crippen molar-refractivity contribution >= 4 is 27.5 Å². The van der Waals surface area contributed by atoms with Gasteiger partial charge in [-0.15, -0.1) is 6.42 Å². The van der Waals surface area contributed by atoms with Crippen LogP contribution in [0.3, 0.4) is 0 Å². The van der Waals surface area contributed by atoms with E-state index in [1.165, 1.54) is 30.5 Å². The maximum Gasteiger partial charge on any atom is 0.319 e.